The van der Waals surface area contributed by atoms with Crippen molar-refractivity contribution in [1.82, 2.24) is 5.32 Å². The molecule has 4 nitrogen and oxygen atoms in total. The average molecular weight is 263 g/mol. The van der Waals surface area contributed by atoms with Gasteiger partial charge >= 0.3 is 5.97 Å². The lowest BCUT2D eigenvalue weighted by molar-refractivity contribution is -0.148. The molecule has 1 amide bonds. The van der Waals surface area contributed by atoms with E-state index in [4.69, 9.17) is 4.74 Å². The van der Waals surface area contributed by atoms with Crippen LogP contribution in [0.4, 0.5) is 0 Å². The molecule has 1 aromatic carbocycles. The van der Waals surface area contributed by atoms with Gasteiger partial charge in [-0.1, -0.05) is 25.1 Å². The number of rotatable bonds is 6. The molecule has 1 N–H and O–H groups in total. The summed E-state index contributed by atoms with van der Waals surface area (Å²) < 4.78 is 5.01. The fourth-order valence-corrected chi connectivity index (χ4v) is 1.95. The van der Waals surface area contributed by atoms with Crippen molar-refractivity contribution >= 4 is 11.9 Å². The molecule has 0 aliphatic rings. The number of amides is 1. The molecule has 0 fully saturated rings. The van der Waals surface area contributed by atoms with Crippen LogP contribution in [0.2, 0.25) is 0 Å². The van der Waals surface area contributed by atoms with Crippen LogP contribution >= 0.6 is 0 Å². The minimum atomic E-state index is -0.312. The monoisotopic (exact) mass is 263 g/mol. The van der Waals surface area contributed by atoms with E-state index in [0.29, 0.717) is 18.6 Å². The fraction of sp³-hybridized carbons (Fsp3) is 0.467. The van der Waals surface area contributed by atoms with Gasteiger partial charge in [-0.2, -0.15) is 0 Å². The molecule has 0 saturated carbocycles. The summed E-state index contributed by atoms with van der Waals surface area (Å²) in [4.78, 5) is 23.8. The van der Waals surface area contributed by atoms with Crippen LogP contribution in [-0.2, 0) is 9.53 Å². The molecule has 0 saturated heterocycles. The zero-order valence-electron chi connectivity index (χ0n) is 11.7. The Balaban J connectivity index is 2.64. The maximum Gasteiger partial charge on any atom is 0.310 e. The Morgan fingerprint density at radius 3 is 2.37 bits per heavy atom. The third-order valence-electron chi connectivity index (χ3n) is 3.03. The molecule has 0 aliphatic carbocycles. The first kappa shape index (κ1) is 15.2. The summed E-state index contributed by atoms with van der Waals surface area (Å²) in [5.41, 5.74) is 0.591. The molecule has 104 valence electrons. The van der Waals surface area contributed by atoms with E-state index in [9.17, 15) is 9.59 Å². The second kappa shape index (κ2) is 7.56. The Hall–Kier alpha value is -1.84. The van der Waals surface area contributed by atoms with Crippen LogP contribution in [0.1, 0.15) is 37.6 Å². The van der Waals surface area contributed by atoms with Crippen molar-refractivity contribution < 1.29 is 14.3 Å². The van der Waals surface area contributed by atoms with E-state index in [2.05, 4.69) is 5.32 Å². The third kappa shape index (κ3) is 4.39. The van der Waals surface area contributed by atoms with Gasteiger partial charge in [0.2, 0.25) is 0 Å². The predicted molar refractivity (Wildman–Crippen MR) is 73.8 cm³/mol. The molecule has 19 heavy (non-hydrogen) atoms. The van der Waals surface area contributed by atoms with E-state index in [0.717, 1.165) is 0 Å². The maximum absolute atomic E-state index is 12.0. The summed E-state index contributed by atoms with van der Waals surface area (Å²) in [6.45, 7) is 5.87. The third-order valence-corrected chi connectivity index (χ3v) is 3.03. The van der Waals surface area contributed by atoms with E-state index in [1.54, 1.807) is 19.1 Å². The number of hydrogen-bond donors (Lipinski definition) is 1. The van der Waals surface area contributed by atoms with Crippen molar-refractivity contribution in [3.05, 3.63) is 35.9 Å². The molecule has 2 atom stereocenters. The first-order valence-corrected chi connectivity index (χ1v) is 6.62. The molecule has 1 rings (SSSR count). The molecule has 0 spiro atoms. The van der Waals surface area contributed by atoms with Gasteiger partial charge in [-0.25, -0.2) is 0 Å². The lowest BCUT2D eigenvalue weighted by atomic mass is 9.98. The zero-order valence-corrected chi connectivity index (χ0v) is 11.7. The molecule has 0 aromatic heterocycles. The van der Waals surface area contributed by atoms with Gasteiger partial charge in [0.25, 0.3) is 5.91 Å². The molecule has 0 radical (unpaired) electrons. The Kier molecular flexibility index (Phi) is 6.06. The van der Waals surface area contributed by atoms with Crippen LogP contribution in [-0.4, -0.2) is 24.5 Å². The van der Waals surface area contributed by atoms with Crippen molar-refractivity contribution in [3.63, 3.8) is 0 Å². The summed E-state index contributed by atoms with van der Waals surface area (Å²) in [5, 5.41) is 2.85. The molecule has 0 bridgehead atoms. The summed E-state index contributed by atoms with van der Waals surface area (Å²) in [6, 6.07) is 8.70. The van der Waals surface area contributed by atoms with E-state index < -0.39 is 0 Å². The molecule has 1 aromatic rings. The Morgan fingerprint density at radius 1 is 1.21 bits per heavy atom. The number of carbonyl (C=O) groups excluding carboxylic acids is 2. The summed E-state index contributed by atoms with van der Waals surface area (Å²) in [5.74, 6) is -0.741. The van der Waals surface area contributed by atoms with Crippen molar-refractivity contribution in [1.29, 1.82) is 0 Å². The largest absolute Gasteiger partial charge is 0.466 e. The van der Waals surface area contributed by atoms with E-state index in [1.165, 1.54) is 0 Å². The number of hydrogen-bond acceptors (Lipinski definition) is 3. The van der Waals surface area contributed by atoms with E-state index in [-0.39, 0.29) is 23.8 Å². The molecular formula is C15H21NO3. The Morgan fingerprint density at radius 2 is 1.84 bits per heavy atom. The number of ether oxygens (including phenoxy) is 1. The number of carbonyl (C=O) groups is 2. The van der Waals surface area contributed by atoms with Crippen LogP contribution in [0.3, 0.4) is 0 Å². The smallest absolute Gasteiger partial charge is 0.310 e. The van der Waals surface area contributed by atoms with Gasteiger partial charge in [-0.15, -0.1) is 0 Å². The van der Waals surface area contributed by atoms with E-state index >= 15 is 0 Å². The SMILES string of the molecule is CCOC(=O)C(CC)C(C)NC(=O)c1ccccc1. The van der Waals surface area contributed by atoms with Crippen LogP contribution < -0.4 is 5.32 Å². The Labute approximate surface area is 114 Å². The highest BCUT2D eigenvalue weighted by atomic mass is 16.5. The second-order valence-corrected chi connectivity index (χ2v) is 4.39. The lowest BCUT2D eigenvalue weighted by Gasteiger charge is -2.22. The Bertz CT molecular complexity index is 417. The summed E-state index contributed by atoms with van der Waals surface area (Å²) in [7, 11) is 0. The van der Waals surface area contributed by atoms with Gasteiger partial charge in [0.15, 0.2) is 0 Å². The van der Waals surface area contributed by atoms with Crippen molar-refractivity contribution in [2.24, 2.45) is 5.92 Å². The highest BCUT2D eigenvalue weighted by Gasteiger charge is 2.26. The number of nitrogens with one attached hydrogen (secondary N) is 1. The minimum absolute atomic E-state index is 0.171. The highest BCUT2D eigenvalue weighted by Crippen LogP contribution is 2.12. The van der Waals surface area contributed by atoms with Gasteiger partial charge in [0.05, 0.1) is 12.5 Å². The second-order valence-electron chi connectivity index (χ2n) is 4.39. The quantitative estimate of drug-likeness (QED) is 0.802. The van der Waals surface area contributed by atoms with E-state index in [1.807, 2.05) is 32.0 Å². The van der Waals surface area contributed by atoms with Gasteiger partial charge in [0.1, 0.15) is 0 Å². The van der Waals surface area contributed by atoms with Crippen molar-refractivity contribution in [2.45, 2.75) is 33.2 Å². The van der Waals surface area contributed by atoms with Gasteiger partial charge in [-0.05, 0) is 32.4 Å². The molecule has 2 unspecified atom stereocenters. The molecule has 0 aliphatic heterocycles. The molecular weight excluding hydrogens is 242 g/mol. The van der Waals surface area contributed by atoms with Crippen LogP contribution in [0.15, 0.2) is 30.3 Å². The minimum Gasteiger partial charge on any atom is -0.466 e. The topological polar surface area (TPSA) is 55.4 Å². The lowest BCUT2D eigenvalue weighted by Crippen LogP contribution is -2.41. The molecule has 0 heterocycles. The predicted octanol–water partition coefficient (Wildman–Crippen LogP) is 2.39. The van der Waals surface area contributed by atoms with Crippen LogP contribution in [0, 0.1) is 5.92 Å². The van der Waals surface area contributed by atoms with Gasteiger partial charge < -0.3 is 10.1 Å². The van der Waals surface area contributed by atoms with Gasteiger partial charge in [0, 0.05) is 11.6 Å². The van der Waals surface area contributed by atoms with Crippen molar-refractivity contribution in [3.8, 4) is 0 Å². The maximum atomic E-state index is 12.0. The first-order chi connectivity index (χ1) is 9.10. The summed E-state index contributed by atoms with van der Waals surface area (Å²) >= 11 is 0. The highest BCUT2D eigenvalue weighted by molar-refractivity contribution is 5.94. The van der Waals surface area contributed by atoms with Crippen LogP contribution in [0.5, 0.6) is 0 Å². The summed E-state index contributed by atoms with van der Waals surface area (Å²) in [6.07, 6.45) is 0.634. The molecule has 4 heteroatoms. The van der Waals surface area contributed by atoms with Crippen LogP contribution in [0.25, 0.3) is 0 Å². The first-order valence-electron chi connectivity index (χ1n) is 6.62. The zero-order chi connectivity index (χ0) is 14.3. The fourth-order valence-electron chi connectivity index (χ4n) is 1.95. The standard InChI is InChI=1S/C15H21NO3/c1-4-13(15(18)19-5-2)11(3)16-14(17)12-9-7-6-8-10-12/h6-11,13H,4-5H2,1-3H3,(H,16,17). The van der Waals surface area contributed by atoms with Gasteiger partial charge in [-0.3, -0.25) is 9.59 Å². The number of benzene rings is 1. The number of esters is 1. The normalized spacial score (nSPS) is 13.4. The average Bonchev–Trinajstić information content (AvgIpc) is 2.40. The van der Waals surface area contributed by atoms with Crippen molar-refractivity contribution in [2.75, 3.05) is 6.61 Å².